The molecule has 0 unspecified atom stereocenters. The molecule has 158 valence electrons. The van der Waals surface area contributed by atoms with Crippen molar-refractivity contribution >= 4 is 17.5 Å². The van der Waals surface area contributed by atoms with E-state index in [2.05, 4.69) is 15.3 Å². The summed E-state index contributed by atoms with van der Waals surface area (Å²) in [7, 11) is 0. The zero-order valence-electron chi connectivity index (χ0n) is 16.4. The van der Waals surface area contributed by atoms with Crippen LogP contribution in [0.5, 0.6) is 0 Å². The van der Waals surface area contributed by atoms with E-state index in [0.717, 1.165) is 18.2 Å². The Kier molecular flexibility index (Phi) is 5.23. The molecule has 1 saturated carbocycles. The highest BCUT2D eigenvalue weighted by Gasteiger charge is 2.52. The van der Waals surface area contributed by atoms with Gasteiger partial charge in [0.25, 0.3) is 5.91 Å². The van der Waals surface area contributed by atoms with Crippen LogP contribution in [0.15, 0.2) is 30.5 Å². The lowest BCUT2D eigenvalue weighted by Crippen LogP contribution is -2.50. The van der Waals surface area contributed by atoms with Gasteiger partial charge < -0.3 is 15.3 Å². The molecule has 2 amide bonds. The number of rotatable bonds is 3. The Labute approximate surface area is 172 Å². The molecule has 3 atom stereocenters. The second-order valence-electron chi connectivity index (χ2n) is 8.07. The summed E-state index contributed by atoms with van der Waals surface area (Å²) < 4.78 is 27.2. The second kappa shape index (κ2) is 7.71. The van der Waals surface area contributed by atoms with Crippen LogP contribution in [0.4, 0.5) is 14.5 Å². The first-order valence-electron chi connectivity index (χ1n) is 9.82. The first-order chi connectivity index (χ1) is 14.3. The number of nitrogens with one attached hydrogen (secondary N) is 1. The molecule has 7 nitrogen and oxygen atoms in total. The number of aliphatic hydroxyl groups is 1. The van der Waals surface area contributed by atoms with Gasteiger partial charge in [-0.1, -0.05) is 0 Å². The fourth-order valence-electron chi connectivity index (χ4n) is 4.59. The lowest BCUT2D eigenvalue weighted by molar-refractivity contribution is -0.130. The number of carbonyl (C=O) groups is 2. The molecule has 1 aliphatic carbocycles. The van der Waals surface area contributed by atoms with Gasteiger partial charge in [0.15, 0.2) is 0 Å². The summed E-state index contributed by atoms with van der Waals surface area (Å²) in [6, 6.07) is 4.07. The maximum absolute atomic E-state index is 13.6. The van der Waals surface area contributed by atoms with Crippen molar-refractivity contribution in [2.45, 2.75) is 44.8 Å². The smallest absolute Gasteiger partial charge is 0.270 e. The largest absolute Gasteiger partial charge is 0.393 e. The van der Waals surface area contributed by atoms with Crippen LogP contribution in [-0.4, -0.2) is 45.6 Å². The number of aryl methyl sites for hydroxylation is 1. The minimum absolute atomic E-state index is 0.159. The van der Waals surface area contributed by atoms with E-state index in [0.29, 0.717) is 31.6 Å². The number of hydrogen-bond donors (Lipinski definition) is 2. The van der Waals surface area contributed by atoms with Crippen molar-refractivity contribution in [2.75, 3.05) is 11.4 Å². The van der Waals surface area contributed by atoms with Crippen LogP contribution in [0.2, 0.25) is 0 Å². The van der Waals surface area contributed by atoms with Gasteiger partial charge >= 0.3 is 0 Å². The van der Waals surface area contributed by atoms with E-state index in [4.69, 9.17) is 0 Å². The van der Waals surface area contributed by atoms with Gasteiger partial charge in [-0.05, 0) is 50.8 Å². The average Bonchev–Trinajstić information content (AvgIpc) is 2.96. The van der Waals surface area contributed by atoms with E-state index in [-0.39, 0.29) is 23.7 Å². The number of amides is 2. The zero-order chi connectivity index (χ0) is 21.5. The predicted molar refractivity (Wildman–Crippen MR) is 104 cm³/mol. The summed E-state index contributed by atoms with van der Waals surface area (Å²) in [6.45, 7) is 1.97. The Morgan fingerprint density at radius 2 is 2.00 bits per heavy atom. The normalized spacial score (nSPS) is 26.3. The van der Waals surface area contributed by atoms with Gasteiger partial charge in [-0.3, -0.25) is 9.59 Å². The zero-order valence-corrected chi connectivity index (χ0v) is 16.4. The summed E-state index contributed by atoms with van der Waals surface area (Å²) in [5, 5.41) is 13.3. The molecule has 9 heteroatoms. The minimum Gasteiger partial charge on any atom is -0.393 e. The topological polar surface area (TPSA) is 95.4 Å². The highest BCUT2D eigenvalue weighted by atomic mass is 19.1. The highest BCUT2D eigenvalue weighted by Crippen LogP contribution is 2.46. The molecule has 1 aliphatic heterocycles. The van der Waals surface area contributed by atoms with Crippen LogP contribution >= 0.6 is 0 Å². The molecular weight excluding hydrogens is 394 g/mol. The third-order valence-electron chi connectivity index (χ3n) is 5.84. The number of hydrogen-bond acceptors (Lipinski definition) is 5. The van der Waals surface area contributed by atoms with Crippen molar-refractivity contribution < 1.29 is 23.5 Å². The molecule has 2 N–H and O–H groups in total. The van der Waals surface area contributed by atoms with Crippen LogP contribution in [0, 0.1) is 24.0 Å². The third-order valence-corrected chi connectivity index (χ3v) is 5.84. The molecule has 1 saturated heterocycles. The number of aliphatic hydroxyl groups excluding tert-OH is 1. The Hall–Kier alpha value is -2.94. The fourth-order valence-corrected chi connectivity index (χ4v) is 4.59. The van der Waals surface area contributed by atoms with Crippen LogP contribution < -0.4 is 10.2 Å². The van der Waals surface area contributed by atoms with Gasteiger partial charge in [0.05, 0.1) is 11.5 Å². The van der Waals surface area contributed by atoms with Crippen molar-refractivity contribution in [3.63, 3.8) is 0 Å². The summed E-state index contributed by atoms with van der Waals surface area (Å²) in [4.78, 5) is 35.2. The van der Waals surface area contributed by atoms with Crippen molar-refractivity contribution in [1.82, 2.24) is 15.3 Å². The number of nitrogens with zero attached hydrogens (tertiary/aromatic N) is 3. The monoisotopic (exact) mass is 416 g/mol. The first-order valence-corrected chi connectivity index (χ1v) is 9.82. The number of benzene rings is 1. The Balaban J connectivity index is 1.52. The predicted octanol–water partition coefficient (Wildman–Crippen LogP) is 2.13. The van der Waals surface area contributed by atoms with E-state index in [1.165, 1.54) is 17.2 Å². The van der Waals surface area contributed by atoms with E-state index >= 15 is 0 Å². The molecule has 2 fully saturated rings. The van der Waals surface area contributed by atoms with Crippen LogP contribution in [-0.2, 0) is 4.79 Å². The quantitative estimate of drug-likeness (QED) is 0.799. The van der Waals surface area contributed by atoms with Gasteiger partial charge in [-0.2, -0.15) is 0 Å². The van der Waals surface area contributed by atoms with E-state index in [9.17, 15) is 23.5 Å². The summed E-state index contributed by atoms with van der Waals surface area (Å²) in [5.41, 5.74) is -0.516. The third kappa shape index (κ3) is 3.89. The number of anilines is 1. The fraction of sp³-hybridized carbons (Fsp3) is 0.429. The SMILES string of the molecule is Cc1nccc(C(=O)N[C@@H]2C[C@H](O)C[C@@]3(CCN(c4cc(F)cc(F)c4)C3=O)C2)n1. The second-order valence-corrected chi connectivity index (χ2v) is 8.07. The number of halogens is 2. The van der Waals surface area contributed by atoms with Gasteiger partial charge in [0, 0.05) is 30.5 Å². The van der Waals surface area contributed by atoms with Gasteiger partial charge in [-0.25, -0.2) is 18.7 Å². The standard InChI is InChI=1S/C21H22F2N4O3/c1-12-24-4-2-18(25-12)19(29)26-15-9-17(28)11-21(10-15)3-5-27(20(21)30)16-7-13(22)6-14(23)8-16/h2,4,6-8,15,17,28H,3,5,9-11H2,1H3,(H,26,29)/t15-,17+,21-/m1/s1. The molecule has 0 radical (unpaired) electrons. The Morgan fingerprint density at radius 3 is 2.70 bits per heavy atom. The van der Waals surface area contributed by atoms with Gasteiger partial charge in [0.2, 0.25) is 5.91 Å². The van der Waals surface area contributed by atoms with Crippen molar-refractivity contribution in [1.29, 1.82) is 0 Å². The van der Waals surface area contributed by atoms with Crippen LogP contribution in [0.3, 0.4) is 0 Å². The van der Waals surface area contributed by atoms with E-state index < -0.39 is 35.1 Å². The van der Waals surface area contributed by atoms with Gasteiger partial charge in [-0.15, -0.1) is 0 Å². The Bertz CT molecular complexity index is 982. The number of aromatic nitrogens is 2. The summed E-state index contributed by atoms with van der Waals surface area (Å²) in [6.07, 6.45) is 2.06. The first kappa shape index (κ1) is 20.3. The molecule has 1 aromatic heterocycles. The molecule has 2 aliphatic rings. The molecule has 2 aromatic rings. The minimum atomic E-state index is -0.889. The van der Waals surface area contributed by atoms with Crippen molar-refractivity contribution in [3.05, 3.63) is 53.6 Å². The highest BCUT2D eigenvalue weighted by molar-refractivity contribution is 6.00. The molecule has 30 heavy (non-hydrogen) atoms. The summed E-state index contributed by atoms with van der Waals surface area (Å²) >= 11 is 0. The van der Waals surface area contributed by atoms with Crippen molar-refractivity contribution in [3.8, 4) is 0 Å². The summed E-state index contributed by atoms with van der Waals surface area (Å²) in [5.74, 6) is -1.74. The van der Waals surface area contributed by atoms with Crippen LogP contribution in [0.1, 0.15) is 42.0 Å². The molecule has 1 spiro atoms. The van der Waals surface area contributed by atoms with E-state index in [1.807, 2.05) is 0 Å². The molecule has 1 aromatic carbocycles. The molecule has 2 heterocycles. The number of carbonyl (C=O) groups excluding carboxylic acids is 2. The molecule has 4 rings (SSSR count). The lowest BCUT2D eigenvalue weighted by Gasteiger charge is -2.39. The lowest BCUT2D eigenvalue weighted by atomic mass is 9.69. The van der Waals surface area contributed by atoms with Crippen molar-refractivity contribution in [2.24, 2.45) is 5.41 Å². The molecule has 0 bridgehead atoms. The molecular formula is C21H22F2N4O3. The average molecular weight is 416 g/mol. The van der Waals surface area contributed by atoms with E-state index in [1.54, 1.807) is 6.92 Å². The maximum Gasteiger partial charge on any atom is 0.270 e. The maximum atomic E-state index is 13.6. The Morgan fingerprint density at radius 1 is 1.27 bits per heavy atom. The van der Waals surface area contributed by atoms with Crippen LogP contribution in [0.25, 0.3) is 0 Å². The van der Waals surface area contributed by atoms with Gasteiger partial charge in [0.1, 0.15) is 23.2 Å².